The lowest BCUT2D eigenvalue weighted by Gasteiger charge is -2.41. The molecule has 0 aliphatic carbocycles. The molecular weight excluding hydrogens is 299 g/mol. The van der Waals surface area contributed by atoms with Crippen LogP contribution in [0.4, 0.5) is 5.82 Å². The molecule has 2 heterocycles. The minimum atomic E-state index is -2.49. The van der Waals surface area contributed by atoms with Gasteiger partial charge >= 0.3 is 0 Å². The Hall–Kier alpha value is -0.780. The largest absolute Gasteiger partial charge is 0.352 e. The van der Waals surface area contributed by atoms with Crippen LogP contribution in [0.2, 0.25) is 10.3 Å². The third-order valence-corrected chi connectivity index (χ3v) is 4.78. The smallest absolute Gasteiger partial charge is 0.225 e. The number of nitriles is 1. The van der Waals surface area contributed by atoms with Crippen molar-refractivity contribution in [3.05, 3.63) is 16.0 Å². The molecule has 1 aliphatic rings. The summed E-state index contributed by atoms with van der Waals surface area (Å²) in [6.07, 6.45) is 0. The lowest BCUT2D eigenvalue weighted by Crippen LogP contribution is -2.39. The first kappa shape index (κ1) is 13.6. The number of halogens is 2. The molecule has 1 aliphatic heterocycles. The van der Waals surface area contributed by atoms with Crippen LogP contribution in [0.15, 0.2) is 0 Å². The number of aromatic nitrogens is 2. The van der Waals surface area contributed by atoms with Crippen LogP contribution in [0.5, 0.6) is 0 Å². The first-order valence-corrected chi connectivity index (χ1v) is 7.69. The third-order valence-electron chi connectivity index (χ3n) is 2.59. The van der Waals surface area contributed by atoms with Crippen molar-refractivity contribution in [2.24, 2.45) is 0 Å². The molecule has 0 radical (unpaired) electrons. The second kappa shape index (κ2) is 5.07. The Kier molecular flexibility index (Phi) is 3.84. The van der Waals surface area contributed by atoms with Crippen molar-refractivity contribution in [2.45, 2.75) is 0 Å². The minimum absolute atomic E-state index is 0.0175. The average molecular weight is 309 g/mol. The molecule has 18 heavy (non-hydrogen) atoms. The monoisotopic (exact) mass is 308 g/mol. The fourth-order valence-electron chi connectivity index (χ4n) is 1.63. The zero-order chi connectivity index (χ0) is 13.3. The van der Waals surface area contributed by atoms with Crippen molar-refractivity contribution < 1.29 is 9.11 Å². The zero-order valence-corrected chi connectivity index (χ0v) is 11.5. The van der Waals surface area contributed by atoms with Gasteiger partial charge in [0.1, 0.15) is 11.1 Å². The van der Waals surface area contributed by atoms with Crippen LogP contribution >= 0.6 is 33.8 Å². The summed E-state index contributed by atoms with van der Waals surface area (Å²) in [5.41, 5.74) is 0.0175. The van der Waals surface area contributed by atoms with Gasteiger partial charge in [0.05, 0.1) is 11.5 Å². The molecule has 1 saturated heterocycles. The van der Waals surface area contributed by atoms with E-state index in [1.54, 1.807) is 4.90 Å². The van der Waals surface area contributed by atoms with E-state index in [1.165, 1.54) is 0 Å². The molecule has 2 rings (SSSR count). The molecule has 1 aromatic heterocycles. The molecule has 0 atom stereocenters. The highest BCUT2D eigenvalue weighted by Gasteiger charge is 2.26. The predicted molar refractivity (Wildman–Crippen MR) is 71.6 cm³/mol. The van der Waals surface area contributed by atoms with Crippen LogP contribution in [0, 0.1) is 11.3 Å². The fourth-order valence-corrected chi connectivity index (χ4v) is 3.27. The van der Waals surface area contributed by atoms with Gasteiger partial charge in [0.25, 0.3) is 0 Å². The molecule has 0 bridgehead atoms. The quantitative estimate of drug-likeness (QED) is 0.773. The Morgan fingerprint density at radius 1 is 1.22 bits per heavy atom. The van der Waals surface area contributed by atoms with Gasteiger partial charge < -0.3 is 4.90 Å². The van der Waals surface area contributed by atoms with Crippen LogP contribution in [0.25, 0.3) is 0 Å². The summed E-state index contributed by atoms with van der Waals surface area (Å²) < 4.78 is 19.1. The maximum Gasteiger partial charge on any atom is 0.225 e. The van der Waals surface area contributed by atoms with Gasteiger partial charge in [-0.3, -0.25) is 9.11 Å². The maximum atomic E-state index is 9.53. The van der Waals surface area contributed by atoms with Crippen molar-refractivity contribution in [1.82, 2.24) is 9.97 Å². The van der Waals surface area contributed by atoms with E-state index in [9.17, 15) is 9.11 Å². The molecule has 6 nitrogen and oxygen atoms in total. The molecule has 0 amide bonds. The summed E-state index contributed by atoms with van der Waals surface area (Å²) in [4.78, 5) is 9.48. The van der Waals surface area contributed by atoms with Crippen molar-refractivity contribution in [3.63, 3.8) is 0 Å². The van der Waals surface area contributed by atoms with Crippen LogP contribution in [-0.2, 0) is 0 Å². The summed E-state index contributed by atoms with van der Waals surface area (Å²) in [7, 11) is -2.49. The summed E-state index contributed by atoms with van der Waals surface area (Å²) in [5.74, 6) is 0.878. The van der Waals surface area contributed by atoms with Crippen molar-refractivity contribution in [3.8, 4) is 6.07 Å². The molecule has 0 unspecified atom stereocenters. The number of hydrogen-bond donors (Lipinski definition) is 2. The van der Waals surface area contributed by atoms with E-state index >= 15 is 0 Å². The molecule has 1 fully saturated rings. The average Bonchev–Trinajstić information content (AvgIpc) is 2.32. The first-order chi connectivity index (χ1) is 8.43. The molecule has 2 N–H and O–H groups in total. The Bertz CT molecular complexity index is 510. The lowest BCUT2D eigenvalue weighted by molar-refractivity contribution is 0.479. The Morgan fingerprint density at radius 3 is 2.39 bits per heavy atom. The second-order valence-electron chi connectivity index (χ2n) is 3.79. The van der Waals surface area contributed by atoms with Gasteiger partial charge in [-0.2, -0.15) is 20.8 Å². The predicted octanol–water partition coefficient (Wildman–Crippen LogP) is 2.23. The van der Waals surface area contributed by atoms with Crippen LogP contribution in [-0.4, -0.2) is 43.7 Å². The van der Waals surface area contributed by atoms with Gasteiger partial charge in [-0.15, -0.1) is 0 Å². The van der Waals surface area contributed by atoms with E-state index in [0.717, 1.165) is 0 Å². The van der Waals surface area contributed by atoms with E-state index in [0.29, 0.717) is 18.9 Å². The van der Waals surface area contributed by atoms with Crippen molar-refractivity contribution in [1.29, 1.82) is 5.26 Å². The summed E-state index contributed by atoms with van der Waals surface area (Å²) in [5, 5.41) is 8.96. The number of anilines is 1. The molecule has 98 valence electrons. The molecule has 0 saturated carbocycles. The van der Waals surface area contributed by atoms with Gasteiger partial charge in [0.2, 0.25) is 5.28 Å². The third kappa shape index (κ3) is 2.79. The number of nitrogens with zero attached hydrogens (tertiary/aromatic N) is 4. The molecule has 0 spiro atoms. The highest BCUT2D eigenvalue weighted by atomic mass is 35.5. The van der Waals surface area contributed by atoms with E-state index in [-0.39, 0.29) is 27.5 Å². The topological polar surface area (TPSA) is 93.3 Å². The highest BCUT2D eigenvalue weighted by Crippen LogP contribution is 2.42. The molecular formula is C9H10Cl2N4O2S. The van der Waals surface area contributed by atoms with Crippen LogP contribution < -0.4 is 4.90 Å². The second-order valence-corrected chi connectivity index (χ2v) is 6.92. The van der Waals surface area contributed by atoms with Gasteiger partial charge in [-0.25, -0.2) is 4.98 Å². The summed E-state index contributed by atoms with van der Waals surface area (Å²) in [6.45, 7) is 0.806. The number of rotatable bonds is 1. The first-order valence-electron chi connectivity index (χ1n) is 5.04. The van der Waals surface area contributed by atoms with E-state index in [1.807, 2.05) is 6.07 Å². The van der Waals surface area contributed by atoms with E-state index in [4.69, 9.17) is 28.5 Å². The lowest BCUT2D eigenvalue weighted by atomic mass is 10.3. The minimum Gasteiger partial charge on any atom is -0.352 e. The highest BCUT2D eigenvalue weighted by molar-refractivity contribution is 8.24. The summed E-state index contributed by atoms with van der Waals surface area (Å²) in [6, 6.07) is 1.84. The van der Waals surface area contributed by atoms with E-state index < -0.39 is 10.6 Å². The Morgan fingerprint density at radius 2 is 1.83 bits per heavy atom. The van der Waals surface area contributed by atoms with Gasteiger partial charge in [-0.05, 0) is 11.6 Å². The van der Waals surface area contributed by atoms with Crippen molar-refractivity contribution >= 4 is 39.6 Å². The van der Waals surface area contributed by atoms with Gasteiger partial charge in [0, 0.05) is 13.1 Å². The Balaban J connectivity index is 2.30. The van der Waals surface area contributed by atoms with E-state index in [2.05, 4.69) is 9.97 Å². The Labute approximate surface area is 116 Å². The normalized spacial score (nSPS) is 20.3. The van der Waals surface area contributed by atoms with Crippen molar-refractivity contribution in [2.75, 3.05) is 29.5 Å². The maximum absolute atomic E-state index is 9.53. The van der Waals surface area contributed by atoms with Gasteiger partial charge in [0.15, 0.2) is 11.5 Å². The summed E-state index contributed by atoms with van der Waals surface area (Å²) >= 11 is 11.7. The fraction of sp³-hybridized carbons (Fsp3) is 0.444. The molecule has 9 heteroatoms. The SMILES string of the molecule is N#Cc1nc(Cl)nc(N2CCS(O)(O)CC2)c1Cl. The van der Waals surface area contributed by atoms with Crippen LogP contribution in [0.1, 0.15) is 5.69 Å². The molecule has 1 aromatic rings. The van der Waals surface area contributed by atoms with Crippen LogP contribution in [0.3, 0.4) is 0 Å². The van der Waals surface area contributed by atoms with Gasteiger partial charge in [-0.1, -0.05) is 11.6 Å². The number of hydrogen-bond acceptors (Lipinski definition) is 6. The zero-order valence-electron chi connectivity index (χ0n) is 9.18. The molecule has 0 aromatic carbocycles. The standard InChI is InChI=1S/C9H10Cl2N4O2S/c10-7-6(5-12)13-9(11)14-8(7)15-1-3-18(16,17)4-2-15/h16-17H,1-4H2.